The number of aromatic amines is 1. The van der Waals surface area contributed by atoms with E-state index in [9.17, 15) is 24.3 Å². The van der Waals surface area contributed by atoms with E-state index in [0.29, 0.717) is 17.5 Å². The van der Waals surface area contributed by atoms with Crippen LogP contribution in [0.15, 0.2) is 36.4 Å². The molecule has 31 heavy (non-hydrogen) atoms. The summed E-state index contributed by atoms with van der Waals surface area (Å²) in [5.74, 6) is -2.06. The standard InChI is InChI=1S/C23H19N3O5/c1-11-7-14(15-9-18(23(30)31)24-17(15)8-11)12-3-2-4-13-16(12)10-26(22(13)29)19-5-6-20(27)25-21(19)28/h2-4,7-9,19,24H,5-6,10H2,1H3,(H,30,31)(H,25,27,28). The van der Waals surface area contributed by atoms with Crippen LogP contribution in [-0.4, -0.2) is 44.7 Å². The zero-order chi connectivity index (χ0) is 21.9. The van der Waals surface area contributed by atoms with E-state index in [1.54, 1.807) is 18.2 Å². The van der Waals surface area contributed by atoms with E-state index in [2.05, 4.69) is 10.3 Å². The highest BCUT2D eigenvalue weighted by molar-refractivity contribution is 6.08. The number of nitrogens with one attached hydrogen (secondary N) is 2. The second kappa shape index (κ2) is 6.80. The summed E-state index contributed by atoms with van der Waals surface area (Å²) >= 11 is 0. The molecule has 8 nitrogen and oxygen atoms in total. The molecule has 3 heterocycles. The number of aromatic nitrogens is 1. The molecule has 0 saturated carbocycles. The van der Waals surface area contributed by atoms with Crippen molar-refractivity contribution in [1.82, 2.24) is 15.2 Å². The van der Waals surface area contributed by atoms with Gasteiger partial charge >= 0.3 is 5.97 Å². The van der Waals surface area contributed by atoms with Crippen molar-refractivity contribution in [3.63, 3.8) is 0 Å². The van der Waals surface area contributed by atoms with Gasteiger partial charge in [0.1, 0.15) is 11.7 Å². The fourth-order valence-corrected chi connectivity index (χ4v) is 4.56. The van der Waals surface area contributed by atoms with Gasteiger partial charge in [0.25, 0.3) is 5.91 Å². The molecule has 8 heteroatoms. The van der Waals surface area contributed by atoms with E-state index >= 15 is 0 Å². The number of rotatable bonds is 3. The number of imide groups is 1. The van der Waals surface area contributed by atoms with Crippen molar-refractivity contribution in [1.29, 1.82) is 0 Å². The molecule has 2 aliphatic heterocycles. The summed E-state index contributed by atoms with van der Waals surface area (Å²) in [5.41, 5.74) is 4.71. The second-order valence-electron chi connectivity index (χ2n) is 7.99. The molecule has 2 aromatic carbocycles. The molecule has 3 amide bonds. The maximum atomic E-state index is 13.1. The van der Waals surface area contributed by atoms with Gasteiger partial charge in [0, 0.05) is 29.4 Å². The van der Waals surface area contributed by atoms with Gasteiger partial charge in [-0.05, 0) is 53.8 Å². The third kappa shape index (κ3) is 2.99. The lowest BCUT2D eigenvalue weighted by molar-refractivity contribution is -0.136. The van der Waals surface area contributed by atoms with Crippen LogP contribution in [0.1, 0.15) is 44.8 Å². The number of aromatic carboxylic acids is 1. The van der Waals surface area contributed by atoms with Crippen molar-refractivity contribution >= 4 is 34.6 Å². The largest absolute Gasteiger partial charge is 0.477 e. The van der Waals surface area contributed by atoms with Gasteiger partial charge in [-0.15, -0.1) is 0 Å². The van der Waals surface area contributed by atoms with Crippen LogP contribution in [0.5, 0.6) is 0 Å². The first-order chi connectivity index (χ1) is 14.8. The van der Waals surface area contributed by atoms with Crippen molar-refractivity contribution < 1.29 is 24.3 Å². The third-order valence-electron chi connectivity index (χ3n) is 5.99. The predicted molar refractivity (Wildman–Crippen MR) is 111 cm³/mol. The average Bonchev–Trinajstić information content (AvgIpc) is 3.29. The molecule has 0 spiro atoms. The molecule has 0 radical (unpaired) electrons. The van der Waals surface area contributed by atoms with Gasteiger partial charge in [0.15, 0.2) is 0 Å². The Morgan fingerprint density at radius 1 is 1.10 bits per heavy atom. The van der Waals surface area contributed by atoms with Crippen LogP contribution in [0, 0.1) is 6.92 Å². The lowest BCUT2D eigenvalue weighted by Gasteiger charge is -2.29. The highest BCUT2D eigenvalue weighted by atomic mass is 16.4. The number of aryl methyl sites for hydroxylation is 1. The summed E-state index contributed by atoms with van der Waals surface area (Å²) in [6.07, 6.45) is 0.497. The Labute approximate surface area is 176 Å². The quantitative estimate of drug-likeness (QED) is 0.566. The number of fused-ring (bicyclic) bond motifs is 2. The van der Waals surface area contributed by atoms with Crippen LogP contribution in [0.3, 0.4) is 0 Å². The van der Waals surface area contributed by atoms with Gasteiger partial charge in [-0.1, -0.05) is 18.2 Å². The molecule has 1 aromatic heterocycles. The summed E-state index contributed by atoms with van der Waals surface area (Å²) in [7, 11) is 0. The monoisotopic (exact) mass is 417 g/mol. The molecule has 2 aliphatic rings. The lowest BCUT2D eigenvalue weighted by Crippen LogP contribution is -2.52. The molecule has 0 aliphatic carbocycles. The maximum Gasteiger partial charge on any atom is 0.352 e. The molecule has 156 valence electrons. The van der Waals surface area contributed by atoms with Crippen molar-refractivity contribution in [2.24, 2.45) is 0 Å². The fraction of sp³-hybridized carbons (Fsp3) is 0.217. The molecule has 3 N–H and O–H groups in total. The summed E-state index contributed by atoms with van der Waals surface area (Å²) in [6, 6.07) is 10.2. The number of hydrogen-bond acceptors (Lipinski definition) is 4. The van der Waals surface area contributed by atoms with Crippen LogP contribution >= 0.6 is 0 Å². The Balaban J connectivity index is 1.61. The number of carbonyl (C=O) groups is 4. The first-order valence-electron chi connectivity index (χ1n) is 9.97. The number of carboxylic acids is 1. The number of carboxylic acid groups (broad SMARTS) is 1. The molecule has 1 atom stereocenters. The van der Waals surface area contributed by atoms with E-state index in [4.69, 9.17) is 0 Å². The summed E-state index contributed by atoms with van der Waals surface area (Å²) < 4.78 is 0. The fourth-order valence-electron chi connectivity index (χ4n) is 4.56. The first kappa shape index (κ1) is 19.0. The van der Waals surface area contributed by atoms with Crippen LogP contribution in [-0.2, 0) is 16.1 Å². The third-order valence-corrected chi connectivity index (χ3v) is 5.99. The molecule has 0 bridgehead atoms. The van der Waals surface area contributed by atoms with Gasteiger partial charge in [-0.3, -0.25) is 19.7 Å². The van der Waals surface area contributed by atoms with Crippen LogP contribution < -0.4 is 5.32 Å². The van der Waals surface area contributed by atoms with Crippen molar-refractivity contribution in [3.8, 4) is 11.1 Å². The summed E-state index contributed by atoms with van der Waals surface area (Å²) in [4.78, 5) is 52.9. The minimum atomic E-state index is -1.04. The molecular weight excluding hydrogens is 398 g/mol. The van der Waals surface area contributed by atoms with E-state index in [-0.39, 0.29) is 30.5 Å². The van der Waals surface area contributed by atoms with Gasteiger partial charge < -0.3 is 15.0 Å². The van der Waals surface area contributed by atoms with E-state index in [0.717, 1.165) is 27.6 Å². The van der Waals surface area contributed by atoms with Gasteiger partial charge in [0.05, 0.1) is 0 Å². The number of hydrogen-bond donors (Lipinski definition) is 3. The van der Waals surface area contributed by atoms with Gasteiger partial charge in [-0.25, -0.2) is 4.79 Å². The molecular formula is C23H19N3O5. The molecule has 1 fully saturated rings. The number of amides is 3. The average molecular weight is 417 g/mol. The van der Waals surface area contributed by atoms with Crippen LogP contribution in [0.2, 0.25) is 0 Å². The number of nitrogens with zero attached hydrogens (tertiary/aromatic N) is 1. The molecule has 1 saturated heterocycles. The number of carbonyl (C=O) groups excluding carboxylic acids is 3. The number of H-pyrrole nitrogens is 1. The van der Waals surface area contributed by atoms with Crippen molar-refractivity contribution in [2.45, 2.75) is 32.4 Å². The summed E-state index contributed by atoms with van der Waals surface area (Å²) in [5, 5.41) is 12.5. The predicted octanol–water partition coefficient (Wildman–Crippen LogP) is 2.60. The highest BCUT2D eigenvalue weighted by Gasteiger charge is 2.40. The molecule has 5 rings (SSSR count). The first-order valence-corrected chi connectivity index (χ1v) is 9.97. The Bertz CT molecular complexity index is 1310. The minimum Gasteiger partial charge on any atom is -0.477 e. The SMILES string of the molecule is Cc1cc(-c2cccc3c2CN(C2CCC(=O)NC2=O)C3=O)c2cc(C(=O)O)[nH]c2c1. The summed E-state index contributed by atoms with van der Waals surface area (Å²) in [6.45, 7) is 2.18. The Kier molecular flexibility index (Phi) is 4.18. The number of benzene rings is 2. The molecule has 1 unspecified atom stereocenters. The Morgan fingerprint density at radius 2 is 1.87 bits per heavy atom. The topological polar surface area (TPSA) is 120 Å². The molecule has 3 aromatic rings. The maximum absolute atomic E-state index is 13.1. The van der Waals surface area contributed by atoms with Gasteiger partial charge in [-0.2, -0.15) is 0 Å². The normalized spacial score (nSPS) is 18.4. The van der Waals surface area contributed by atoms with E-state index in [1.807, 2.05) is 25.1 Å². The Morgan fingerprint density at radius 3 is 2.61 bits per heavy atom. The number of piperidine rings is 1. The lowest BCUT2D eigenvalue weighted by atomic mass is 9.93. The highest BCUT2D eigenvalue weighted by Crippen LogP contribution is 2.38. The van der Waals surface area contributed by atoms with E-state index < -0.39 is 17.9 Å². The second-order valence-corrected chi connectivity index (χ2v) is 7.99. The van der Waals surface area contributed by atoms with Crippen LogP contribution in [0.4, 0.5) is 0 Å². The smallest absolute Gasteiger partial charge is 0.352 e. The zero-order valence-electron chi connectivity index (χ0n) is 16.7. The minimum absolute atomic E-state index is 0.0932. The van der Waals surface area contributed by atoms with Crippen LogP contribution in [0.25, 0.3) is 22.0 Å². The van der Waals surface area contributed by atoms with Crippen molar-refractivity contribution in [3.05, 3.63) is 58.8 Å². The Hall–Kier alpha value is -3.94. The van der Waals surface area contributed by atoms with E-state index in [1.165, 1.54) is 4.90 Å². The van der Waals surface area contributed by atoms with Crippen molar-refractivity contribution in [2.75, 3.05) is 0 Å². The zero-order valence-corrected chi connectivity index (χ0v) is 16.7. The van der Waals surface area contributed by atoms with Gasteiger partial charge in [0.2, 0.25) is 11.8 Å².